The summed E-state index contributed by atoms with van der Waals surface area (Å²) in [5.74, 6) is -0.902. The standard InChI is InChI=1S/C25H23NO5/c1-17(27)20-11-8-12-21(15-20)26-24(28)18(2)31-25(29)22-13-6-7-14-23(22)30-16-19-9-4-3-5-10-19/h3-15,18H,16H2,1-2H3,(H,26,28). The highest BCUT2D eigenvalue weighted by molar-refractivity contribution is 6.00. The van der Waals surface area contributed by atoms with Crippen LogP contribution in [0.15, 0.2) is 78.9 Å². The number of hydrogen-bond acceptors (Lipinski definition) is 5. The molecule has 158 valence electrons. The van der Waals surface area contributed by atoms with E-state index in [1.165, 1.54) is 13.8 Å². The van der Waals surface area contributed by atoms with Crippen molar-refractivity contribution in [1.29, 1.82) is 0 Å². The van der Waals surface area contributed by atoms with Gasteiger partial charge in [-0.05, 0) is 43.7 Å². The Morgan fingerprint density at radius 3 is 2.35 bits per heavy atom. The van der Waals surface area contributed by atoms with Gasteiger partial charge < -0.3 is 14.8 Å². The van der Waals surface area contributed by atoms with Crippen LogP contribution in [0.2, 0.25) is 0 Å². The number of Topliss-reactive ketones (excluding diaryl/α,β-unsaturated/α-hetero) is 1. The molecule has 3 rings (SSSR count). The molecular weight excluding hydrogens is 394 g/mol. The third-order valence-electron chi connectivity index (χ3n) is 4.53. The van der Waals surface area contributed by atoms with Crippen molar-refractivity contribution in [3.63, 3.8) is 0 Å². The fourth-order valence-corrected chi connectivity index (χ4v) is 2.83. The highest BCUT2D eigenvalue weighted by Gasteiger charge is 2.21. The Kier molecular flexibility index (Phi) is 7.17. The van der Waals surface area contributed by atoms with Gasteiger partial charge in [-0.1, -0.05) is 54.6 Å². The Balaban J connectivity index is 1.63. The number of carbonyl (C=O) groups is 3. The highest BCUT2D eigenvalue weighted by atomic mass is 16.5. The minimum absolute atomic E-state index is 0.109. The summed E-state index contributed by atoms with van der Waals surface area (Å²) in [5.41, 5.74) is 2.13. The van der Waals surface area contributed by atoms with Gasteiger partial charge in [0.05, 0.1) is 0 Å². The second-order valence-corrected chi connectivity index (χ2v) is 6.94. The first-order chi connectivity index (χ1) is 14.9. The normalized spacial score (nSPS) is 11.3. The molecule has 0 fully saturated rings. The Hall–Kier alpha value is -3.93. The fraction of sp³-hybridized carbons (Fsp3) is 0.160. The third-order valence-corrected chi connectivity index (χ3v) is 4.53. The number of amides is 1. The maximum atomic E-state index is 12.7. The predicted octanol–water partition coefficient (Wildman–Crippen LogP) is 4.65. The predicted molar refractivity (Wildman–Crippen MR) is 117 cm³/mol. The monoisotopic (exact) mass is 417 g/mol. The summed E-state index contributed by atoms with van der Waals surface area (Å²) >= 11 is 0. The third kappa shape index (κ3) is 6.02. The first-order valence-corrected chi connectivity index (χ1v) is 9.82. The van der Waals surface area contributed by atoms with Crippen LogP contribution in [-0.4, -0.2) is 23.8 Å². The Morgan fingerprint density at radius 1 is 0.903 bits per heavy atom. The van der Waals surface area contributed by atoms with E-state index >= 15 is 0 Å². The number of nitrogens with one attached hydrogen (secondary N) is 1. The van der Waals surface area contributed by atoms with E-state index in [4.69, 9.17) is 9.47 Å². The lowest BCUT2D eigenvalue weighted by atomic mass is 10.1. The Bertz CT molecular complexity index is 1080. The van der Waals surface area contributed by atoms with E-state index in [1.807, 2.05) is 30.3 Å². The summed E-state index contributed by atoms with van der Waals surface area (Å²) in [7, 11) is 0. The van der Waals surface area contributed by atoms with Crippen LogP contribution in [0.1, 0.15) is 40.1 Å². The van der Waals surface area contributed by atoms with Gasteiger partial charge in [-0.3, -0.25) is 9.59 Å². The van der Waals surface area contributed by atoms with Crippen LogP contribution in [0.4, 0.5) is 5.69 Å². The molecule has 3 aromatic carbocycles. The van der Waals surface area contributed by atoms with Crippen LogP contribution in [0.3, 0.4) is 0 Å². The molecule has 0 saturated heterocycles. The van der Waals surface area contributed by atoms with Gasteiger partial charge >= 0.3 is 5.97 Å². The Morgan fingerprint density at radius 2 is 1.61 bits per heavy atom. The minimum Gasteiger partial charge on any atom is -0.488 e. The zero-order chi connectivity index (χ0) is 22.2. The van der Waals surface area contributed by atoms with Crippen LogP contribution >= 0.6 is 0 Å². The molecule has 0 radical (unpaired) electrons. The first-order valence-electron chi connectivity index (χ1n) is 9.82. The molecule has 6 nitrogen and oxygen atoms in total. The number of ether oxygens (including phenoxy) is 2. The fourth-order valence-electron chi connectivity index (χ4n) is 2.83. The largest absolute Gasteiger partial charge is 0.488 e. The van der Waals surface area contributed by atoms with Crippen LogP contribution < -0.4 is 10.1 Å². The van der Waals surface area contributed by atoms with Gasteiger partial charge in [-0.2, -0.15) is 0 Å². The van der Waals surface area contributed by atoms with Gasteiger partial charge in [0.2, 0.25) is 0 Å². The van der Waals surface area contributed by atoms with Crippen LogP contribution in [0, 0.1) is 0 Å². The number of hydrogen-bond donors (Lipinski definition) is 1. The van der Waals surface area contributed by atoms with E-state index in [-0.39, 0.29) is 11.3 Å². The van der Waals surface area contributed by atoms with E-state index in [9.17, 15) is 14.4 Å². The molecule has 31 heavy (non-hydrogen) atoms. The van der Waals surface area contributed by atoms with Crippen molar-refractivity contribution < 1.29 is 23.9 Å². The molecule has 0 saturated carbocycles. The molecule has 1 unspecified atom stereocenters. The number of esters is 1. The second-order valence-electron chi connectivity index (χ2n) is 6.94. The van der Waals surface area contributed by atoms with Crippen molar-refractivity contribution in [2.75, 3.05) is 5.32 Å². The topological polar surface area (TPSA) is 81.7 Å². The summed E-state index contributed by atoms with van der Waals surface area (Å²) in [6, 6.07) is 22.9. The number of para-hydroxylation sites is 1. The van der Waals surface area contributed by atoms with Crippen molar-refractivity contribution in [2.24, 2.45) is 0 Å². The molecular formula is C25H23NO5. The second kappa shape index (κ2) is 10.2. The van der Waals surface area contributed by atoms with Crippen LogP contribution in [0.5, 0.6) is 5.75 Å². The van der Waals surface area contributed by atoms with Crippen molar-refractivity contribution in [2.45, 2.75) is 26.6 Å². The SMILES string of the molecule is CC(=O)c1cccc(NC(=O)C(C)OC(=O)c2ccccc2OCc2ccccc2)c1. The summed E-state index contributed by atoms with van der Waals surface area (Å²) in [6.07, 6.45) is -1.05. The molecule has 6 heteroatoms. The van der Waals surface area contributed by atoms with Gasteiger partial charge in [0.1, 0.15) is 17.9 Å². The highest BCUT2D eigenvalue weighted by Crippen LogP contribution is 2.21. The number of anilines is 1. The average Bonchev–Trinajstić information content (AvgIpc) is 2.78. The molecule has 1 N–H and O–H groups in total. The zero-order valence-electron chi connectivity index (χ0n) is 17.3. The van der Waals surface area contributed by atoms with Crippen LogP contribution in [-0.2, 0) is 16.1 Å². The van der Waals surface area contributed by atoms with Gasteiger partial charge in [0.25, 0.3) is 5.91 Å². The molecule has 1 amide bonds. The molecule has 0 aliphatic rings. The van der Waals surface area contributed by atoms with E-state index in [1.54, 1.807) is 48.5 Å². The quantitative estimate of drug-likeness (QED) is 0.426. The van der Waals surface area contributed by atoms with Gasteiger partial charge in [0, 0.05) is 11.3 Å². The molecule has 0 aliphatic carbocycles. The zero-order valence-corrected chi connectivity index (χ0v) is 17.3. The number of ketones is 1. The molecule has 0 heterocycles. The van der Waals surface area contributed by atoms with Crippen molar-refractivity contribution in [1.82, 2.24) is 0 Å². The summed E-state index contributed by atoms with van der Waals surface area (Å²) in [5, 5.41) is 2.66. The van der Waals surface area contributed by atoms with Gasteiger partial charge in [-0.25, -0.2) is 4.79 Å². The van der Waals surface area contributed by atoms with Gasteiger partial charge in [0.15, 0.2) is 11.9 Å². The minimum atomic E-state index is -1.05. The van der Waals surface area contributed by atoms with E-state index in [0.717, 1.165) is 5.56 Å². The van der Waals surface area contributed by atoms with E-state index in [2.05, 4.69) is 5.32 Å². The molecule has 0 spiro atoms. The number of rotatable bonds is 8. The Labute approximate surface area is 180 Å². The van der Waals surface area contributed by atoms with Crippen molar-refractivity contribution in [3.05, 3.63) is 95.6 Å². The summed E-state index contributed by atoms with van der Waals surface area (Å²) in [4.78, 5) is 36.6. The molecule has 1 atom stereocenters. The lowest BCUT2D eigenvalue weighted by Crippen LogP contribution is -2.30. The lowest BCUT2D eigenvalue weighted by molar-refractivity contribution is -0.123. The molecule has 0 aromatic heterocycles. The maximum absolute atomic E-state index is 12.7. The molecule has 0 bridgehead atoms. The average molecular weight is 417 g/mol. The first kappa shape index (κ1) is 21.8. The molecule has 3 aromatic rings. The van der Waals surface area contributed by atoms with Crippen molar-refractivity contribution >= 4 is 23.3 Å². The van der Waals surface area contributed by atoms with E-state index in [0.29, 0.717) is 23.6 Å². The van der Waals surface area contributed by atoms with Crippen LogP contribution in [0.25, 0.3) is 0 Å². The summed E-state index contributed by atoms with van der Waals surface area (Å²) in [6.45, 7) is 3.23. The smallest absolute Gasteiger partial charge is 0.342 e. The number of benzene rings is 3. The van der Waals surface area contributed by atoms with Crippen molar-refractivity contribution in [3.8, 4) is 5.75 Å². The summed E-state index contributed by atoms with van der Waals surface area (Å²) < 4.78 is 11.1. The maximum Gasteiger partial charge on any atom is 0.342 e. The van der Waals surface area contributed by atoms with E-state index < -0.39 is 18.0 Å². The molecule has 0 aliphatic heterocycles. The van der Waals surface area contributed by atoms with Gasteiger partial charge in [-0.15, -0.1) is 0 Å². The lowest BCUT2D eigenvalue weighted by Gasteiger charge is -2.15. The number of carbonyl (C=O) groups excluding carboxylic acids is 3.